The second kappa shape index (κ2) is 8.38. The highest BCUT2D eigenvalue weighted by molar-refractivity contribution is 5.88. The maximum absolute atomic E-state index is 11.0. The van der Waals surface area contributed by atoms with E-state index in [1.165, 1.54) is 29.8 Å². The van der Waals surface area contributed by atoms with E-state index in [1.54, 1.807) is 6.92 Å². The molecule has 0 fully saturated rings. The molecule has 0 aliphatic rings. The van der Waals surface area contributed by atoms with Gasteiger partial charge in [-0.05, 0) is 36.8 Å². The highest BCUT2D eigenvalue weighted by Crippen LogP contribution is 2.16. The predicted molar refractivity (Wildman–Crippen MR) is 85.1 cm³/mol. The molecule has 108 valence electrons. The molecule has 1 N–H and O–H groups in total. The van der Waals surface area contributed by atoms with E-state index in [9.17, 15) is 4.79 Å². The van der Waals surface area contributed by atoms with Crippen LogP contribution in [0.25, 0.3) is 6.08 Å². The Bertz CT molecular complexity index is 598. The zero-order chi connectivity index (χ0) is 15.7. The highest BCUT2D eigenvalue weighted by atomic mass is 16.5. The minimum atomic E-state index is -0.467. The molecule has 0 saturated heterocycles. The first-order valence-corrected chi connectivity index (χ1v) is 6.37. The first-order valence-electron chi connectivity index (χ1n) is 6.37. The minimum absolute atomic E-state index is 0.134. The van der Waals surface area contributed by atoms with Crippen LogP contribution in [0.2, 0.25) is 0 Å². The molecule has 3 nitrogen and oxygen atoms in total. The number of ether oxygens (including phenoxy) is 1. The van der Waals surface area contributed by atoms with Crippen LogP contribution in [0.15, 0.2) is 73.3 Å². The van der Waals surface area contributed by atoms with Crippen LogP contribution in [0, 0.1) is 0 Å². The zero-order valence-electron chi connectivity index (χ0n) is 12.0. The standard InChI is InChI=1S/C10H10O3.C8H8/c1-7(2)10(12)13-9-5-3-8(11)4-6-9;1-2-8-6-4-3-5-7-8/h3-6,11H,1H2,2H3;2-7H,1H2. The van der Waals surface area contributed by atoms with Gasteiger partial charge in [-0.25, -0.2) is 4.79 Å². The number of phenols is 1. The van der Waals surface area contributed by atoms with E-state index in [-0.39, 0.29) is 5.75 Å². The van der Waals surface area contributed by atoms with Crippen molar-refractivity contribution in [1.29, 1.82) is 0 Å². The van der Waals surface area contributed by atoms with Gasteiger partial charge in [0.1, 0.15) is 11.5 Å². The third kappa shape index (κ3) is 6.25. The van der Waals surface area contributed by atoms with Crippen molar-refractivity contribution in [3.8, 4) is 11.5 Å². The minimum Gasteiger partial charge on any atom is -0.508 e. The van der Waals surface area contributed by atoms with E-state index >= 15 is 0 Å². The van der Waals surface area contributed by atoms with Crippen LogP contribution in [-0.2, 0) is 4.79 Å². The van der Waals surface area contributed by atoms with Crippen LogP contribution in [0.4, 0.5) is 0 Å². The maximum atomic E-state index is 11.0. The summed E-state index contributed by atoms with van der Waals surface area (Å²) in [7, 11) is 0. The van der Waals surface area contributed by atoms with Crippen molar-refractivity contribution in [3.05, 3.63) is 78.9 Å². The lowest BCUT2D eigenvalue weighted by molar-refractivity contribution is -0.130. The van der Waals surface area contributed by atoms with Gasteiger partial charge in [-0.1, -0.05) is 49.6 Å². The van der Waals surface area contributed by atoms with Gasteiger partial charge in [0.2, 0.25) is 0 Å². The van der Waals surface area contributed by atoms with Crippen LogP contribution in [-0.4, -0.2) is 11.1 Å². The summed E-state index contributed by atoms with van der Waals surface area (Å²) in [5.74, 6) is 0.0617. The fraction of sp³-hybridized carbons (Fsp3) is 0.0556. The van der Waals surface area contributed by atoms with Gasteiger partial charge in [-0.2, -0.15) is 0 Å². The molecule has 0 bridgehead atoms. The maximum Gasteiger partial charge on any atom is 0.338 e. The number of esters is 1. The Kier molecular flexibility index (Phi) is 6.48. The number of carbonyl (C=O) groups is 1. The second-order valence-electron chi connectivity index (χ2n) is 4.28. The molecule has 0 spiro atoms. The summed E-state index contributed by atoms with van der Waals surface area (Å²) in [6.45, 7) is 8.65. The Balaban J connectivity index is 0.000000235. The SMILES string of the molecule is C=C(C)C(=O)Oc1ccc(O)cc1.C=Cc1ccccc1. The average Bonchev–Trinajstić information content (AvgIpc) is 2.51. The molecule has 0 amide bonds. The third-order valence-corrected chi connectivity index (χ3v) is 2.43. The van der Waals surface area contributed by atoms with Crippen molar-refractivity contribution in [2.24, 2.45) is 0 Å². The summed E-state index contributed by atoms with van der Waals surface area (Å²) in [5.41, 5.74) is 1.51. The number of hydrogen-bond acceptors (Lipinski definition) is 3. The molecule has 21 heavy (non-hydrogen) atoms. The Labute approximate surface area is 124 Å². The lowest BCUT2D eigenvalue weighted by atomic mass is 10.2. The third-order valence-electron chi connectivity index (χ3n) is 2.43. The fourth-order valence-electron chi connectivity index (χ4n) is 1.30. The van der Waals surface area contributed by atoms with Crippen molar-refractivity contribution in [2.45, 2.75) is 6.92 Å². The number of hydrogen-bond donors (Lipinski definition) is 1. The topological polar surface area (TPSA) is 46.5 Å². The highest BCUT2D eigenvalue weighted by Gasteiger charge is 2.04. The van der Waals surface area contributed by atoms with Crippen LogP contribution in [0.5, 0.6) is 11.5 Å². The fourth-order valence-corrected chi connectivity index (χ4v) is 1.30. The molecule has 0 unspecified atom stereocenters. The van der Waals surface area contributed by atoms with Crippen molar-refractivity contribution >= 4 is 12.0 Å². The smallest absolute Gasteiger partial charge is 0.338 e. The number of rotatable bonds is 3. The first-order chi connectivity index (χ1) is 10.0. The summed E-state index contributed by atoms with van der Waals surface area (Å²) in [6, 6.07) is 15.9. The van der Waals surface area contributed by atoms with Crippen molar-refractivity contribution in [2.75, 3.05) is 0 Å². The van der Waals surface area contributed by atoms with E-state index in [4.69, 9.17) is 9.84 Å². The molecule has 0 aliphatic carbocycles. The average molecular weight is 282 g/mol. The Morgan fingerprint density at radius 2 is 1.67 bits per heavy atom. The van der Waals surface area contributed by atoms with Gasteiger partial charge in [-0.15, -0.1) is 0 Å². The van der Waals surface area contributed by atoms with E-state index in [0.717, 1.165) is 0 Å². The summed E-state index contributed by atoms with van der Waals surface area (Å²) < 4.78 is 4.88. The first kappa shape index (κ1) is 16.2. The van der Waals surface area contributed by atoms with E-state index in [2.05, 4.69) is 13.2 Å². The van der Waals surface area contributed by atoms with Crippen molar-refractivity contribution < 1.29 is 14.6 Å². The van der Waals surface area contributed by atoms with Crippen LogP contribution in [0.1, 0.15) is 12.5 Å². The van der Waals surface area contributed by atoms with Crippen LogP contribution in [0.3, 0.4) is 0 Å². The molecule has 2 aromatic rings. The van der Waals surface area contributed by atoms with Crippen molar-refractivity contribution in [1.82, 2.24) is 0 Å². The van der Waals surface area contributed by atoms with E-state index in [0.29, 0.717) is 11.3 Å². The van der Waals surface area contributed by atoms with Gasteiger partial charge in [0, 0.05) is 5.57 Å². The summed E-state index contributed by atoms with van der Waals surface area (Å²) >= 11 is 0. The molecule has 0 radical (unpaired) electrons. The summed E-state index contributed by atoms with van der Waals surface area (Å²) in [4.78, 5) is 11.0. The van der Waals surface area contributed by atoms with E-state index < -0.39 is 5.97 Å². The normalized spacial score (nSPS) is 9.00. The Morgan fingerprint density at radius 1 is 1.10 bits per heavy atom. The molecule has 2 rings (SSSR count). The lowest BCUT2D eigenvalue weighted by Gasteiger charge is -2.02. The molecule has 0 aliphatic heterocycles. The molecule has 0 atom stereocenters. The van der Waals surface area contributed by atoms with Gasteiger partial charge < -0.3 is 9.84 Å². The Hall–Kier alpha value is -2.81. The molecule has 0 heterocycles. The summed E-state index contributed by atoms with van der Waals surface area (Å²) in [6.07, 6.45) is 1.83. The predicted octanol–water partition coefficient (Wildman–Crippen LogP) is 4.20. The lowest BCUT2D eigenvalue weighted by Crippen LogP contribution is -2.07. The molecule has 2 aromatic carbocycles. The number of aromatic hydroxyl groups is 1. The largest absolute Gasteiger partial charge is 0.508 e. The molecule has 3 heteroatoms. The second-order valence-corrected chi connectivity index (χ2v) is 4.28. The van der Waals surface area contributed by atoms with Crippen LogP contribution < -0.4 is 4.74 Å². The van der Waals surface area contributed by atoms with Gasteiger partial charge >= 0.3 is 5.97 Å². The zero-order valence-corrected chi connectivity index (χ0v) is 12.0. The summed E-state index contributed by atoms with van der Waals surface area (Å²) in [5, 5.41) is 8.94. The number of carbonyl (C=O) groups excluding carboxylic acids is 1. The monoisotopic (exact) mass is 282 g/mol. The Morgan fingerprint density at radius 3 is 2.10 bits per heavy atom. The van der Waals surface area contributed by atoms with E-state index in [1.807, 2.05) is 36.4 Å². The number of benzene rings is 2. The van der Waals surface area contributed by atoms with Gasteiger partial charge in [0.25, 0.3) is 0 Å². The molecule has 0 saturated carbocycles. The number of phenolic OH excluding ortho intramolecular Hbond substituents is 1. The molecular formula is C18H18O3. The van der Waals surface area contributed by atoms with Crippen LogP contribution >= 0.6 is 0 Å². The molecule has 0 aromatic heterocycles. The molecular weight excluding hydrogens is 264 g/mol. The van der Waals surface area contributed by atoms with Gasteiger partial charge in [0.15, 0.2) is 0 Å². The van der Waals surface area contributed by atoms with Gasteiger partial charge in [-0.3, -0.25) is 0 Å². The van der Waals surface area contributed by atoms with Crippen molar-refractivity contribution in [3.63, 3.8) is 0 Å². The van der Waals surface area contributed by atoms with Gasteiger partial charge in [0.05, 0.1) is 0 Å². The quantitative estimate of drug-likeness (QED) is 0.521.